The molecule has 1 aromatic carbocycles. The largest absolute Gasteiger partial charge is 0.391 e. The zero-order valence-corrected chi connectivity index (χ0v) is 13.2. The number of rotatable bonds is 3. The van der Waals surface area contributed by atoms with Crippen LogP contribution in [0, 0.1) is 13.8 Å². The minimum atomic E-state index is -3.54. The van der Waals surface area contributed by atoms with Crippen LogP contribution in [0.2, 0.25) is 0 Å². The molecule has 0 saturated heterocycles. The molecule has 0 spiro atoms. The van der Waals surface area contributed by atoms with Crippen LogP contribution in [0.5, 0.6) is 0 Å². The lowest BCUT2D eigenvalue weighted by molar-refractivity contribution is 0.0638. The van der Waals surface area contributed by atoms with Gasteiger partial charge in [0.15, 0.2) is 0 Å². The van der Waals surface area contributed by atoms with E-state index in [4.69, 9.17) is 0 Å². The molecule has 0 amide bonds. The molecule has 112 valence electrons. The van der Waals surface area contributed by atoms with E-state index < -0.39 is 16.1 Å². The number of hydrogen-bond acceptors (Lipinski definition) is 3. The molecule has 2 unspecified atom stereocenters. The van der Waals surface area contributed by atoms with Crippen molar-refractivity contribution in [1.82, 2.24) is 4.31 Å². The molecule has 0 bridgehead atoms. The molecule has 1 aromatic rings. The van der Waals surface area contributed by atoms with Crippen molar-refractivity contribution >= 4 is 10.0 Å². The first kappa shape index (κ1) is 15.5. The van der Waals surface area contributed by atoms with Crippen molar-refractivity contribution in [2.24, 2.45) is 0 Å². The van der Waals surface area contributed by atoms with Crippen molar-refractivity contribution in [3.05, 3.63) is 29.3 Å². The first-order valence-corrected chi connectivity index (χ1v) is 8.51. The van der Waals surface area contributed by atoms with E-state index in [0.717, 1.165) is 30.4 Å². The minimum Gasteiger partial charge on any atom is -0.391 e. The molecule has 2 rings (SSSR count). The third-order valence-electron chi connectivity index (χ3n) is 4.32. The van der Waals surface area contributed by atoms with E-state index in [2.05, 4.69) is 0 Å². The van der Waals surface area contributed by atoms with E-state index in [1.54, 1.807) is 19.2 Å². The number of sulfonamides is 1. The molecule has 2 atom stereocenters. The summed E-state index contributed by atoms with van der Waals surface area (Å²) in [5.74, 6) is 0. The van der Waals surface area contributed by atoms with E-state index in [1.165, 1.54) is 4.31 Å². The van der Waals surface area contributed by atoms with Crippen LogP contribution < -0.4 is 0 Å². The second-order valence-corrected chi connectivity index (χ2v) is 7.68. The number of nitrogens with zero attached hydrogens (tertiary/aromatic N) is 1. The van der Waals surface area contributed by atoms with Gasteiger partial charge in [-0.25, -0.2) is 8.42 Å². The highest BCUT2D eigenvalue weighted by Crippen LogP contribution is 2.27. The standard InChI is InChI=1S/C15H23NO3S/c1-11-8-9-13(10-12(11)2)20(18,19)16(3)14-6-4-5-7-15(14)17/h8-10,14-15,17H,4-7H2,1-3H3. The highest BCUT2D eigenvalue weighted by molar-refractivity contribution is 7.89. The lowest BCUT2D eigenvalue weighted by Gasteiger charge is -2.34. The molecule has 1 fully saturated rings. The van der Waals surface area contributed by atoms with E-state index >= 15 is 0 Å². The molecule has 1 saturated carbocycles. The predicted octanol–water partition coefficient (Wildman–Crippen LogP) is 2.23. The monoisotopic (exact) mass is 297 g/mol. The van der Waals surface area contributed by atoms with E-state index in [0.29, 0.717) is 11.3 Å². The topological polar surface area (TPSA) is 57.6 Å². The molecule has 5 heteroatoms. The highest BCUT2D eigenvalue weighted by atomic mass is 32.2. The van der Waals surface area contributed by atoms with Crippen LogP contribution in [0.1, 0.15) is 36.8 Å². The van der Waals surface area contributed by atoms with Gasteiger partial charge in [-0.2, -0.15) is 4.31 Å². The second-order valence-electron chi connectivity index (χ2n) is 5.69. The van der Waals surface area contributed by atoms with E-state index in [9.17, 15) is 13.5 Å². The van der Waals surface area contributed by atoms with Gasteiger partial charge in [-0.3, -0.25) is 0 Å². The van der Waals surface area contributed by atoms with Crippen molar-refractivity contribution in [3.8, 4) is 0 Å². The Morgan fingerprint density at radius 3 is 2.40 bits per heavy atom. The maximum Gasteiger partial charge on any atom is 0.243 e. The van der Waals surface area contributed by atoms with Gasteiger partial charge in [-0.1, -0.05) is 18.9 Å². The number of aliphatic hydroxyl groups is 1. The predicted molar refractivity (Wildman–Crippen MR) is 79.1 cm³/mol. The lowest BCUT2D eigenvalue weighted by atomic mass is 9.93. The zero-order valence-electron chi connectivity index (χ0n) is 12.3. The number of benzene rings is 1. The molecular formula is C15H23NO3S. The van der Waals surface area contributed by atoms with Crippen LogP contribution in [0.3, 0.4) is 0 Å². The molecule has 1 aliphatic rings. The molecule has 0 aliphatic heterocycles. The van der Waals surface area contributed by atoms with Gasteiger partial charge in [-0.05, 0) is 49.9 Å². The Bertz CT molecular complexity index is 583. The van der Waals surface area contributed by atoms with Crippen LogP contribution in [0.4, 0.5) is 0 Å². The molecular weight excluding hydrogens is 274 g/mol. The van der Waals surface area contributed by atoms with Crippen molar-refractivity contribution in [2.75, 3.05) is 7.05 Å². The molecule has 4 nitrogen and oxygen atoms in total. The number of hydrogen-bond donors (Lipinski definition) is 1. The molecule has 20 heavy (non-hydrogen) atoms. The molecule has 0 heterocycles. The third-order valence-corrected chi connectivity index (χ3v) is 6.20. The Labute approximate surface area is 121 Å². The van der Waals surface area contributed by atoms with Crippen molar-refractivity contribution in [3.63, 3.8) is 0 Å². The van der Waals surface area contributed by atoms with Gasteiger partial charge in [0.2, 0.25) is 10.0 Å². The third kappa shape index (κ3) is 2.90. The van der Waals surface area contributed by atoms with E-state index in [-0.39, 0.29) is 6.04 Å². The fourth-order valence-corrected chi connectivity index (χ4v) is 4.24. The van der Waals surface area contributed by atoms with Crippen LogP contribution in [0.15, 0.2) is 23.1 Å². The molecule has 1 N–H and O–H groups in total. The van der Waals surface area contributed by atoms with Crippen LogP contribution >= 0.6 is 0 Å². The average molecular weight is 297 g/mol. The van der Waals surface area contributed by atoms with Gasteiger partial charge in [0.1, 0.15) is 0 Å². The smallest absolute Gasteiger partial charge is 0.243 e. The van der Waals surface area contributed by atoms with Crippen molar-refractivity contribution in [2.45, 2.75) is 56.6 Å². The SMILES string of the molecule is Cc1ccc(S(=O)(=O)N(C)C2CCCCC2O)cc1C. The fourth-order valence-electron chi connectivity index (χ4n) is 2.73. The first-order chi connectivity index (χ1) is 9.34. The summed E-state index contributed by atoms with van der Waals surface area (Å²) in [5.41, 5.74) is 2.04. The maximum atomic E-state index is 12.7. The van der Waals surface area contributed by atoms with Gasteiger partial charge < -0.3 is 5.11 Å². The van der Waals surface area contributed by atoms with Gasteiger partial charge in [0, 0.05) is 7.05 Å². The Hall–Kier alpha value is -0.910. The molecule has 0 aromatic heterocycles. The maximum absolute atomic E-state index is 12.7. The number of aliphatic hydroxyl groups excluding tert-OH is 1. The summed E-state index contributed by atoms with van der Waals surface area (Å²) in [4.78, 5) is 0.306. The normalized spacial score (nSPS) is 24.1. The summed E-state index contributed by atoms with van der Waals surface area (Å²) in [6.45, 7) is 3.87. The van der Waals surface area contributed by atoms with Crippen molar-refractivity contribution in [1.29, 1.82) is 0 Å². The summed E-state index contributed by atoms with van der Waals surface area (Å²) in [7, 11) is -1.96. The lowest BCUT2D eigenvalue weighted by Crippen LogP contribution is -2.46. The van der Waals surface area contributed by atoms with Gasteiger partial charge in [0.25, 0.3) is 0 Å². The van der Waals surface area contributed by atoms with Crippen molar-refractivity contribution < 1.29 is 13.5 Å². The van der Waals surface area contributed by atoms with Crippen LogP contribution in [-0.4, -0.2) is 37.0 Å². The van der Waals surface area contributed by atoms with Crippen LogP contribution in [-0.2, 0) is 10.0 Å². The van der Waals surface area contributed by atoms with E-state index in [1.807, 2.05) is 19.9 Å². The molecule has 1 aliphatic carbocycles. The van der Waals surface area contributed by atoms with Crippen LogP contribution in [0.25, 0.3) is 0 Å². The Kier molecular flexibility index (Phi) is 4.52. The summed E-state index contributed by atoms with van der Waals surface area (Å²) < 4.78 is 26.7. The summed E-state index contributed by atoms with van der Waals surface area (Å²) in [5, 5.41) is 10.0. The molecule has 0 radical (unpaired) electrons. The Morgan fingerprint density at radius 2 is 1.80 bits per heavy atom. The van der Waals surface area contributed by atoms with Gasteiger partial charge >= 0.3 is 0 Å². The quantitative estimate of drug-likeness (QED) is 0.930. The number of likely N-dealkylation sites (N-methyl/N-ethyl adjacent to an activating group) is 1. The number of aryl methyl sites for hydroxylation is 2. The van der Waals surface area contributed by atoms with Gasteiger partial charge in [-0.15, -0.1) is 0 Å². The summed E-state index contributed by atoms with van der Waals surface area (Å²) in [6.07, 6.45) is 2.78. The Balaban J connectivity index is 2.31. The second kappa shape index (κ2) is 5.84. The highest BCUT2D eigenvalue weighted by Gasteiger charge is 2.34. The first-order valence-electron chi connectivity index (χ1n) is 7.07. The summed E-state index contributed by atoms with van der Waals surface area (Å²) in [6, 6.07) is 4.86. The Morgan fingerprint density at radius 1 is 1.15 bits per heavy atom. The zero-order chi connectivity index (χ0) is 14.9. The average Bonchev–Trinajstić information content (AvgIpc) is 2.41. The summed E-state index contributed by atoms with van der Waals surface area (Å²) >= 11 is 0. The van der Waals surface area contributed by atoms with Gasteiger partial charge in [0.05, 0.1) is 17.0 Å². The minimum absolute atomic E-state index is 0.306. The fraction of sp³-hybridized carbons (Fsp3) is 0.600.